The number of rotatable bonds is 3. The van der Waals surface area contributed by atoms with Gasteiger partial charge in [0.05, 0.1) is 16.5 Å². The molecule has 2 fully saturated rings. The average molecular weight is 306 g/mol. The van der Waals surface area contributed by atoms with E-state index in [1.54, 1.807) is 0 Å². The van der Waals surface area contributed by atoms with Gasteiger partial charge in [-0.2, -0.15) is 0 Å². The first-order valence-electron chi connectivity index (χ1n) is 6.90. The second-order valence-electron chi connectivity index (χ2n) is 5.59. The molecule has 8 heteroatoms. The van der Waals surface area contributed by atoms with Crippen LogP contribution in [0.1, 0.15) is 23.2 Å². The van der Waals surface area contributed by atoms with Crippen LogP contribution in [0.2, 0.25) is 0 Å². The van der Waals surface area contributed by atoms with Gasteiger partial charge in [-0.3, -0.25) is 10.1 Å². The number of esters is 1. The molecule has 1 heterocycles. The van der Waals surface area contributed by atoms with E-state index in [0.717, 1.165) is 0 Å². The van der Waals surface area contributed by atoms with E-state index in [2.05, 4.69) is 0 Å². The van der Waals surface area contributed by atoms with Gasteiger partial charge < -0.3 is 14.7 Å². The molecule has 1 saturated heterocycles. The van der Waals surface area contributed by atoms with Crippen LogP contribution < -0.4 is 0 Å². The minimum Gasteiger partial charge on any atom is -0.465 e. The van der Waals surface area contributed by atoms with E-state index in [-0.39, 0.29) is 23.2 Å². The summed E-state index contributed by atoms with van der Waals surface area (Å²) < 4.78 is 5.40. The summed E-state index contributed by atoms with van der Waals surface area (Å²) in [5.41, 5.74) is 0.115. The Hall–Kier alpha value is -2.64. The average Bonchev–Trinajstić information content (AvgIpc) is 3.07. The zero-order chi connectivity index (χ0) is 15.9. The van der Waals surface area contributed by atoms with E-state index in [0.29, 0.717) is 19.4 Å². The number of carbonyl (C=O) groups excluding carboxylic acids is 1. The summed E-state index contributed by atoms with van der Waals surface area (Å²) in [5, 5.41) is 19.7. The molecule has 3 atom stereocenters. The second-order valence-corrected chi connectivity index (χ2v) is 5.59. The van der Waals surface area contributed by atoms with Crippen LogP contribution in [-0.4, -0.2) is 45.7 Å². The third-order valence-corrected chi connectivity index (χ3v) is 4.24. The summed E-state index contributed by atoms with van der Waals surface area (Å²) in [4.78, 5) is 34.5. The molecule has 22 heavy (non-hydrogen) atoms. The Bertz CT molecular complexity index is 629. The Morgan fingerprint density at radius 3 is 2.50 bits per heavy atom. The number of nitro groups is 1. The SMILES string of the molecule is O=C(OC1CC2CC1N(C(=O)O)C2)c1ccc([N+](=O)[O-])cc1. The maximum atomic E-state index is 12.1. The predicted octanol–water partition coefficient (Wildman–Crippen LogP) is 1.89. The number of nitro benzene ring substituents is 1. The lowest BCUT2D eigenvalue weighted by molar-refractivity contribution is -0.384. The van der Waals surface area contributed by atoms with Crippen molar-refractivity contribution in [1.29, 1.82) is 0 Å². The fraction of sp³-hybridized carbons (Fsp3) is 0.429. The van der Waals surface area contributed by atoms with Gasteiger partial charge in [0.25, 0.3) is 5.69 Å². The van der Waals surface area contributed by atoms with Crippen molar-refractivity contribution in [2.24, 2.45) is 5.92 Å². The molecular weight excluding hydrogens is 292 g/mol. The highest BCUT2D eigenvalue weighted by Crippen LogP contribution is 2.39. The zero-order valence-electron chi connectivity index (χ0n) is 11.5. The van der Waals surface area contributed by atoms with E-state index in [9.17, 15) is 19.7 Å². The first-order chi connectivity index (χ1) is 10.5. The van der Waals surface area contributed by atoms with Crippen molar-refractivity contribution in [1.82, 2.24) is 4.90 Å². The summed E-state index contributed by atoms with van der Waals surface area (Å²) in [6, 6.07) is 4.86. The Labute approximate surface area is 125 Å². The molecule has 0 aromatic heterocycles. The minimum atomic E-state index is -0.997. The number of nitrogens with zero attached hydrogens (tertiary/aromatic N) is 2. The van der Waals surface area contributed by atoms with Crippen LogP contribution >= 0.6 is 0 Å². The van der Waals surface area contributed by atoms with Gasteiger partial charge in [-0.05, 0) is 30.9 Å². The lowest BCUT2D eigenvalue weighted by atomic mass is 10.1. The fourth-order valence-corrected chi connectivity index (χ4v) is 3.24. The van der Waals surface area contributed by atoms with Crippen LogP contribution in [0.15, 0.2) is 24.3 Å². The molecule has 1 aliphatic carbocycles. The van der Waals surface area contributed by atoms with Crippen molar-refractivity contribution in [2.75, 3.05) is 6.54 Å². The zero-order valence-corrected chi connectivity index (χ0v) is 11.5. The first kappa shape index (κ1) is 14.3. The van der Waals surface area contributed by atoms with Crippen molar-refractivity contribution < 1.29 is 24.4 Å². The highest BCUT2D eigenvalue weighted by Gasteiger charge is 2.48. The largest absolute Gasteiger partial charge is 0.465 e. The number of hydrogen-bond acceptors (Lipinski definition) is 5. The lowest BCUT2D eigenvalue weighted by Gasteiger charge is -2.30. The maximum absolute atomic E-state index is 12.1. The van der Waals surface area contributed by atoms with E-state index in [1.165, 1.54) is 29.2 Å². The van der Waals surface area contributed by atoms with E-state index >= 15 is 0 Å². The number of benzene rings is 1. The molecule has 1 amide bonds. The fourth-order valence-electron chi connectivity index (χ4n) is 3.24. The van der Waals surface area contributed by atoms with Crippen LogP contribution in [-0.2, 0) is 4.74 Å². The van der Waals surface area contributed by atoms with Crippen LogP contribution in [0.3, 0.4) is 0 Å². The topological polar surface area (TPSA) is 110 Å². The number of piperidine rings is 1. The van der Waals surface area contributed by atoms with Crippen LogP contribution in [0.5, 0.6) is 0 Å². The standard InChI is InChI=1S/C14H14N2O6/c17-13(9-1-3-10(4-2-9)16(20)21)22-12-6-8-5-11(12)15(7-8)14(18)19/h1-4,8,11-12H,5-7H2,(H,18,19). The second kappa shape index (κ2) is 5.28. The Morgan fingerprint density at radius 1 is 1.27 bits per heavy atom. The van der Waals surface area contributed by atoms with E-state index in [1.807, 2.05) is 0 Å². The molecule has 0 radical (unpaired) electrons. The Balaban J connectivity index is 1.67. The van der Waals surface area contributed by atoms with Crippen molar-refractivity contribution in [3.63, 3.8) is 0 Å². The van der Waals surface area contributed by atoms with Crippen molar-refractivity contribution in [3.05, 3.63) is 39.9 Å². The maximum Gasteiger partial charge on any atom is 0.407 e. The molecule has 1 saturated carbocycles. The van der Waals surface area contributed by atoms with Crippen molar-refractivity contribution >= 4 is 17.7 Å². The molecule has 1 aromatic carbocycles. The number of ether oxygens (including phenoxy) is 1. The molecular formula is C14H14N2O6. The first-order valence-corrected chi connectivity index (χ1v) is 6.90. The highest BCUT2D eigenvalue weighted by molar-refractivity contribution is 5.89. The number of carbonyl (C=O) groups is 2. The van der Waals surface area contributed by atoms with E-state index < -0.39 is 23.1 Å². The number of carboxylic acid groups (broad SMARTS) is 1. The summed E-state index contributed by atoms with van der Waals surface area (Å²) in [6.45, 7) is 0.492. The lowest BCUT2D eigenvalue weighted by Crippen LogP contribution is -2.45. The van der Waals surface area contributed by atoms with Gasteiger partial charge in [0.15, 0.2) is 0 Å². The molecule has 3 unspecified atom stereocenters. The number of fused-ring (bicyclic) bond motifs is 2. The normalized spacial score (nSPS) is 26.0. The van der Waals surface area contributed by atoms with Gasteiger partial charge >= 0.3 is 12.1 Å². The third kappa shape index (κ3) is 2.47. The molecule has 1 N–H and O–H groups in total. The predicted molar refractivity (Wildman–Crippen MR) is 73.5 cm³/mol. The molecule has 1 aromatic rings. The molecule has 1 aliphatic heterocycles. The quantitative estimate of drug-likeness (QED) is 0.518. The Morgan fingerprint density at radius 2 is 1.95 bits per heavy atom. The summed E-state index contributed by atoms with van der Waals surface area (Å²) in [6.07, 6.45) is -0.0707. The summed E-state index contributed by atoms with van der Waals surface area (Å²) in [5.74, 6) is -0.353. The van der Waals surface area contributed by atoms with Gasteiger partial charge in [-0.1, -0.05) is 0 Å². The molecule has 2 bridgehead atoms. The smallest absolute Gasteiger partial charge is 0.407 e. The monoisotopic (exact) mass is 306 g/mol. The minimum absolute atomic E-state index is 0.103. The third-order valence-electron chi connectivity index (χ3n) is 4.24. The van der Waals surface area contributed by atoms with Crippen LogP contribution in [0, 0.1) is 16.0 Å². The summed E-state index contributed by atoms with van der Waals surface area (Å²) >= 11 is 0. The van der Waals surface area contributed by atoms with Crippen LogP contribution in [0.25, 0.3) is 0 Å². The molecule has 0 spiro atoms. The number of hydrogen-bond donors (Lipinski definition) is 1. The van der Waals surface area contributed by atoms with Crippen LogP contribution in [0.4, 0.5) is 10.5 Å². The summed E-state index contributed by atoms with van der Waals surface area (Å²) in [7, 11) is 0. The van der Waals surface area contributed by atoms with Gasteiger partial charge in [-0.25, -0.2) is 9.59 Å². The molecule has 8 nitrogen and oxygen atoms in total. The molecule has 2 aliphatic rings. The Kier molecular flexibility index (Phi) is 3.44. The van der Waals surface area contributed by atoms with E-state index in [4.69, 9.17) is 9.84 Å². The molecule has 116 valence electrons. The molecule has 3 rings (SSSR count). The van der Waals surface area contributed by atoms with Crippen molar-refractivity contribution in [2.45, 2.75) is 25.0 Å². The van der Waals surface area contributed by atoms with Gasteiger partial charge in [0, 0.05) is 18.7 Å². The number of non-ortho nitro benzene ring substituents is 1. The van der Waals surface area contributed by atoms with Gasteiger partial charge in [0.1, 0.15) is 6.10 Å². The number of amides is 1. The van der Waals surface area contributed by atoms with Crippen molar-refractivity contribution in [3.8, 4) is 0 Å². The highest BCUT2D eigenvalue weighted by atomic mass is 16.6. The van der Waals surface area contributed by atoms with Gasteiger partial charge in [-0.15, -0.1) is 0 Å². The number of likely N-dealkylation sites (tertiary alicyclic amines) is 1. The van der Waals surface area contributed by atoms with Gasteiger partial charge in [0.2, 0.25) is 0 Å².